The molecular formula is C4H6N2Se. The van der Waals surface area contributed by atoms with Gasteiger partial charge >= 0.3 is 48.2 Å². The molecule has 1 aromatic rings. The number of aromatic nitrogens is 2. The minimum absolute atomic E-state index is 0.189. The van der Waals surface area contributed by atoms with Gasteiger partial charge in [-0.15, -0.1) is 0 Å². The monoisotopic (exact) mass is 162 g/mol. The van der Waals surface area contributed by atoms with Crippen LogP contribution in [0.5, 0.6) is 0 Å². The van der Waals surface area contributed by atoms with Gasteiger partial charge in [0.05, 0.1) is 0 Å². The SMILES string of the molecule is Cc1n[se]nc1C. The van der Waals surface area contributed by atoms with E-state index >= 15 is 0 Å². The van der Waals surface area contributed by atoms with Gasteiger partial charge in [0, 0.05) is 0 Å². The maximum absolute atomic E-state index is 4.09. The van der Waals surface area contributed by atoms with Gasteiger partial charge in [0.25, 0.3) is 0 Å². The van der Waals surface area contributed by atoms with Crippen molar-refractivity contribution < 1.29 is 0 Å². The first-order valence-electron chi connectivity index (χ1n) is 2.06. The van der Waals surface area contributed by atoms with Crippen molar-refractivity contribution in [2.24, 2.45) is 0 Å². The summed E-state index contributed by atoms with van der Waals surface area (Å²) in [6.45, 7) is 3.99. The molecular weight excluding hydrogens is 155 g/mol. The third-order valence-electron chi connectivity index (χ3n) is 0.879. The summed E-state index contributed by atoms with van der Waals surface area (Å²) in [4.78, 5) is 0. The molecule has 1 rings (SSSR count). The zero-order chi connectivity index (χ0) is 5.28. The topological polar surface area (TPSA) is 25.8 Å². The van der Waals surface area contributed by atoms with Gasteiger partial charge in [-0.05, 0) is 0 Å². The summed E-state index contributed by atoms with van der Waals surface area (Å²) < 4.78 is 8.19. The molecule has 0 saturated carbocycles. The standard InChI is InChI=1S/C4H6N2Se/c1-3-4(2)6-7-5-3/h1-2H3. The molecule has 0 amide bonds. The van der Waals surface area contributed by atoms with E-state index in [4.69, 9.17) is 0 Å². The van der Waals surface area contributed by atoms with Crippen molar-refractivity contribution in [3.05, 3.63) is 11.4 Å². The minimum atomic E-state index is 0.189. The van der Waals surface area contributed by atoms with Gasteiger partial charge in [0.15, 0.2) is 0 Å². The molecule has 0 aliphatic rings. The summed E-state index contributed by atoms with van der Waals surface area (Å²) in [5, 5.41) is 0. The van der Waals surface area contributed by atoms with Crippen LogP contribution in [0, 0.1) is 13.8 Å². The van der Waals surface area contributed by atoms with Crippen LogP contribution >= 0.6 is 0 Å². The molecule has 0 aromatic carbocycles. The van der Waals surface area contributed by atoms with E-state index in [0.29, 0.717) is 0 Å². The Hall–Kier alpha value is -0.141. The van der Waals surface area contributed by atoms with Crippen LogP contribution in [0.4, 0.5) is 0 Å². The molecule has 38 valence electrons. The Morgan fingerprint density at radius 2 is 1.57 bits per heavy atom. The number of rotatable bonds is 0. The fourth-order valence-corrected chi connectivity index (χ4v) is 1.43. The summed E-state index contributed by atoms with van der Waals surface area (Å²) in [7, 11) is 0. The average Bonchev–Trinajstić information content (AvgIpc) is 1.91. The normalized spacial score (nSPS) is 9.43. The van der Waals surface area contributed by atoms with Crippen LogP contribution < -0.4 is 0 Å². The Balaban J connectivity index is 3.12. The van der Waals surface area contributed by atoms with Crippen LogP contribution in [0.25, 0.3) is 0 Å². The van der Waals surface area contributed by atoms with Crippen molar-refractivity contribution in [2.75, 3.05) is 0 Å². The van der Waals surface area contributed by atoms with Crippen molar-refractivity contribution in [1.82, 2.24) is 7.96 Å². The zero-order valence-corrected chi connectivity index (χ0v) is 6.02. The van der Waals surface area contributed by atoms with Gasteiger partial charge in [-0.1, -0.05) is 0 Å². The molecule has 1 aromatic heterocycles. The van der Waals surface area contributed by atoms with Crippen LogP contribution in [0.15, 0.2) is 0 Å². The molecule has 3 heteroatoms. The van der Waals surface area contributed by atoms with Gasteiger partial charge in [-0.3, -0.25) is 0 Å². The van der Waals surface area contributed by atoms with Gasteiger partial charge in [-0.25, -0.2) is 0 Å². The molecule has 7 heavy (non-hydrogen) atoms. The van der Waals surface area contributed by atoms with E-state index in [1.54, 1.807) is 0 Å². The second-order valence-electron chi connectivity index (χ2n) is 1.44. The van der Waals surface area contributed by atoms with E-state index < -0.39 is 0 Å². The van der Waals surface area contributed by atoms with Gasteiger partial charge in [0.2, 0.25) is 0 Å². The molecule has 0 aliphatic heterocycles. The van der Waals surface area contributed by atoms with Crippen molar-refractivity contribution in [1.29, 1.82) is 0 Å². The van der Waals surface area contributed by atoms with Crippen molar-refractivity contribution in [3.8, 4) is 0 Å². The molecule has 2 nitrogen and oxygen atoms in total. The van der Waals surface area contributed by atoms with Crippen LogP contribution in [-0.2, 0) is 0 Å². The number of nitrogens with zero attached hydrogens (tertiary/aromatic N) is 2. The van der Waals surface area contributed by atoms with E-state index in [1.165, 1.54) is 0 Å². The fraction of sp³-hybridized carbons (Fsp3) is 0.500. The first-order valence-corrected chi connectivity index (χ1v) is 3.59. The predicted molar refractivity (Wildman–Crippen MR) is 28.4 cm³/mol. The maximum atomic E-state index is 4.09. The Morgan fingerprint density at radius 3 is 1.71 bits per heavy atom. The van der Waals surface area contributed by atoms with Crippen LogP contribution in [0.1, 0.15) is 11.4 Å². The molecule has 0 fully saturated rings. The zero-order valence-electron chi connectivity index (χ0n) is 4.30. The summed E-state index contributed by atoms with van der Waals surface area (Å²) in [5.41, 5.74) is 2.22. The second-order valence-corrected chi connectivity index (χ2v) is 2.54. The van der Waals surface area contributed by atoms with Crippen LogP contribution in [0.3, 0.4) is 0 Å². The van der Waals surface area contributed by atoms with Crippen LogP contribution in [0.2, 0.25) is 0 Å². The average molecular weight is 161 g/mol. The Labute approximate surface area is 48.8 Å². The molecule has 0 spiro atoms. The molecule has 0 atom stereocenters. The van der Waals surface area contributed by atoms with E-state index in [1.807, 2.05) is 13.8 Å². The molecule has 0 N–H and O–H groups in total. The third kappa shape index (κ3) is 0.898. The summed E-state index contributed by atoms with van der Waals surface area (Å²) in [6.07, 6.45) is 0. The Morgan fingerprint density at radius 1 is 1.14 bits per heavy atom. The fourth-order valence-electron chi connectivity index (χ4n) is 0.275. The molecule has 0 aliphatic carbocycles. The summed E-state index contributed by atoms with van der Waals surface area (Å²) >= 11 is 0.189. The van der Waals surface area contributed by atoms with Crippen molar-refractivity contribution in [3.63, 3.8) is 0 Å². The number of hydrogen-bond acceptors (Lipinski definition) is 2. The third-order valence-corrected chi connectivity index (χ3v) is 2.37. The quantitative estimate of drug-likeness (QED) is 0.506. The van der Waals surface area contributed by atoms with E-state index in [0.717, 1.165) is 11.4 Å². The predicted octanol–water partition coefficient (Wildman–Crippen LogP) is 0.150. The first-order chi connectivity index (χ1) is 3.30. The molecule has 0 radical (unpaired) electrons. The van der Waals surface area contributed by atoms with E-state index in [2.05, 4.69) is 7.96 Å². The van der Waals surface area contributed by atoms with Gasteiger partial charge in [0.1, 0.15) is 0 Å². The first kappa shape index (κ1) is 5.01. The van der Waals surface area contributed by atoms with E-state index in [9.17, 15) is 0 Å². The Bertz CT molecular complexity index is 142. The molecule has 0 saturated heterocycles. The van der Waals surface area contributed by atoms with E-state index in [-0.39, 0.29) is 15.0 Å². The molecule has 0 unspecified atom stereocenters. The Kier molecular flexibility index (Phi) is 1.26. The molecule has 1 heterocycles. The number of hydrogen-bond donors (Lipinski definition) is 0. The van der Waals surface area contributed by atoms with Crippen molar-refractivity contribution in [2.45, 2.75) is 13.8 Å². The summed E-state index contributed by atoms with van der Waals surface area (Å²) in [6, 6.07) is 0. The second kappa shape index (κ2) is 1.76. The summed E-state index contributed by atoms with van der Waals surface area (Å²) in [5.74, 6) is 0. The molecule has 0 bridgehead atoms. The van der Waals surface area contributed by atoms with Gasteiger partial charge in [-0.2, -0.15) is 0 Å². The van der Waals surface area contributed by atoms with Gasteiger partial charge < -0.3 is 0 Å². The van der Waals surface area contributed by atoms with Crippen LogP contribution in [-0.4, -0.2) is 22.9 Å². The van der Waals surface area contributed by atoms with Crippen molar-refractivity contribution >= 4 is 15.0 Å². The number of aryl methyl sites for hydroxylation is 2.